The molecular weight excluding hydrogens is 833 g/mol. The maximum Gasteiger partial charge on any atom is 0.0726 e. The quantitative estimate of drug-likeness (QED) is 0.163. The van der Waals surface area contributed by atoms with Gasteiger partial charge in [-0.05, 0) is 169 Å². The second-order valence-corrected chi connectivity index (χ2v) is 21.1. The standard InChI is InChI=1S/C67H54N2/c1-65(2)55-21-9-13-25-61(55)68(62-26-14-10-22-56(62)65)47-35-34-45-39-43(31-33-46(45)41-47)29-30-44-32-37-51-52-38-36-48(69-63-27-15-11-23-57(63)66(3,4)58-24-12-16-28-64(58)69)42-60(52)67(59(51)40-44)53-19-7-5-17-49(53)50-18-6-8-20-54(50)67/h5-11,13-14,16-23,25-26,28-42H,12,15,24,27H2,1-4H3/b30-29+. The Morgan fingerprint density at radius 3 is 1.67 bits per heavy atom. The normalized spacial score (nSPS) is 18.2. The maximum atomic E-state index is 2.64. The first-order valence-electron chi connectivity index (χ1n) is 25.0. The Morgan fingerprint density at radius 1 is 0.420 bits per heavy atom. The highest BCUT2D eigenvalue weighted by Crippen LogP contribution is 2.64. The minimum absolute atomic E-state index is 0.00639. The number of para-hydroxylation sites is 2. The van der Waals surface area contributed by atoms with Crippen LogP contribution in [-0.4, -0.2) is 0 Å². The van der Waals surface area contributed by atoms with Gasteiger partial charge < -0.3 is 9.80 Å². The number of nitrogens with zero attached hydrogens (tertiary/aromatic N) is 2. The molecule has 0 atom stereocenters. The van der Waals surface area contributed by atoms with E-state index in [2.05, 4.69) is 244 Å². The second-order valence-electron chi connectivity index (χ2n) is 21.1. The minimum Gasteiger partial charge on any atom is -0.314 e. The Bertz CT molecular complexity index is 3600. The summed E-state index contributed by atoms with van der Waals surface area (Å²) in [5.74, 6) is 0. The van der Waals surface area contributed by atoms with Crippen LogP contribution in [0.5, 0.6) is 0 Å². The van der Waals surface area contributed by atoms with Crippen molar-refractivity contribution in [1.82, 2.24) is 0 Å². The van der Waals surface area contributed by atoms with E-state index in [0.717, 1.165) is 25.7 Å². The molecular formula is C67H54N2. The Morgan fingerprint density at radius 2 is 0.942 bits per heavy atom. The van der Waals surface area contributed by atoms with E-state index in [1.165, 1.54) is 117 Å². The number of hydrogen-bond acceptors (Lipinski definition) is 2. The Hall–Kier alpha value is -7.68. The van der Waals surface area contributed by atoms with Crippen molar-refractivity contribution in [1.29, 1.82) is 0 Å². The summed E-state index contributed by atoms with van der Waals surface area (Å²) >= 11 is 0. The van der Waals surface area contributed by atoms with Crippen molar-refractivity contribution in [3.63, 3.8) is 0 Å². The van der Waals surface area contributed by atoms with Gasteiger partial charge in [-0.2, -0.15) is 0 Å². The predicted molar refractivity (Wildman–Crippen MR) is 289 cm³/mol. The lowest BCUT2D eigenvalue weighted by Crippen LogP contribution is -2.37. The molecule has 0 fully saturated rings. The van der Waals surface area contributed by atoms with Gasteiger partial charge in [0, 0.05) is 33.6 Å². The number of rotatable bonds is 4. The van der Waals surface area contributed by atoms with Crippen molar-refractivity contribution in [3.8, 4) is 22.3 Å². The Labute approximate surface area is 406 Å². The molecule has 69 heavy (non-hydrogen) atoms. The number of benzene rings is 8. The lowest BCUT2D eigenvalue weighted by molar-refractivity contribution is 0.492. The predicted octanol–water partition coefficient (Wildman–Crippen LogP) is 17.5. The summed E-state index contributed by atoms with van der Waals surface area (Å²) in [7, 11) is 0. The maximum absolute atomic E-state index is 2.64. The van der Waals surface area contributed by atoms with Crippen molar-refractivity contribution in [2.75, 3.05) is 9.80 Å². The summed E-state index contributed by atoms with van der Waals surface area (Å²) in [6, 6.07) is 64.6. The fourth-order valence-electron chi connectivity index (χ4n) is 13.6. The van der Waals surface area contributed by atoms with E-state index in [0.29, 0.717) is 0 Å². The van der Waals surface area contributed by atoms with Gasteiger partial charge in [0.05, 0.1) is 16.8 Å². The van der Waals surface area contributed by atoms with E-state index in [1.807, 2.05) is 0 Å². The third-order valence-corrected chi connectivity index (χ3v) is 16.8. The van der Waals surface area contributed by atoms with Crippen LogP contribution in [0.4, 0.5) is 22.7 Å². The molecule has 2 aliphatic heterocycles. The molecule has 0 bridgehead atoms. The van der Waals surface area contributed by atoms with E-state index < -0.39 is 5.41 Å². The molecule has 2 heteroatoms. The van der Waals surface area contributed by atoms with Crippen LogP contribution in [-0.2, 0) is 10.8 Å². The molecule has 8 aromatic carbocycles. The van der Waals surface area contributed by atoms with Gasteiger partial charge in [0.15, 0.2) is 0 Å². The Kier molecular flexibility index (Phi) is 8.58. The molecule has 14 rings (SSSR count). The molecule has 6 aliphatic rings. The average molecular weight is 887 g/mol. The summed E-state index contributed by atoms with van der Waals surface area (Å²) in [6.07, 6.45) is 18.5. The molecule has 0 N–H and O–H groups in total. The van der Waals surface area contributed by atoms with Gasteiger partial charge in [-0.3, -0.25) is 0 Å². The summed E-state index contributed by atoms with van der Waals surface area (Å²) < 4.78 is 0. The van der Waals surface area contributed by atoms with Gasteiger partial charge in [-0.1, -0.05) is 179 Å². The topological polar surface area (TPSA) is 6.48 Å². The highest BCUT2D eigenvalue weighted by molar-refractivity contribution is 5.97. The molecule has 2 heterocycles. The van der Waals surface area contributed by atoms with Crippen LogP contribution < -0.4 is 9.80 Å². The van der Waals surface area contributed by atoms with Crippen LogP contribution in [0.15, 0.2) is 217 Å². The molecule has 0 unspecified atom stereocenters. The molecule has 8 aromatic rings. The molecule has 0 saturated heterocycles. The van der Waals surface area contributed by atoms with Gasteiger partial charge in [0.1, 0.15) is 0 Å². The average Bonchev–Trinajstić information content (AvgIpc) is 3.85. The molecule has 4 aliphatic carbocycles. The zero-order valence-corrected chi connectivity index (χ0v) is 39.9. The third kappa shape index (κ3) is 5.61. The van der Waals surface area contributed by atoms with Gasteiger partial charge in [-0.15, -0.1) is 0 Å². The number of allylic oxidation sites excluding steroid dienone is 7. The minimum atomic E-state index is -0.456. The first-order valence-corrected chi connectivity index (χ1v) is 25.0. The van der Waals surface area contributed by atoms with Crippen LogP contribution in [0.25, 0.3) is 45.2 Å². The lowest BCUT2D eigenvalue weighted by Gasteiger charge is -2.46. The molecule has 0 aromatic heterocycles. The molecule has 0 radical (unpaired) electrons. The van der Waals surface area contributed by atoms with E-state index in [1.54, 1.807) is 5.57 Å². The van der Waals surface area contributed by atoms with E-state index in [-0.39, 0.29) is 10.8 Å². The van der Waals surface area contributed by atoms with Gasteiger partial charge in [-0.25, -0.2) is 0 Å². The number of hydrogen-bond donors (Lipinski definition) is 0. The SMILES string of the molecule is CC1(C)C2=C(CCC=C2)N(c2ccc3c(c2)C2(c4ccccc4-c4ccccc42)c2cc(/C=C/c4ccc5cc(N6c7ccccc7C(C)(C)c7ccccc76)ccc5c4)ccc2-3)C2=C1CCC=C2. The fourth-order valence-corrected chi connectivity index (χ4v) is 13.6. The van der Waals surface area contributed by atoms with Gasteiger partial charge in [0.25, 0.3) is 0 Å². The summed E-state index contributed by atoms with van der Waals surface area (Å²) in [5.41, 5.74) is 26.1. The largest absolute Gasteiger partial charge is 0.314 e. The summed E-state index contributed by atoms with van der Waals surface area (Å²) in [4.78, 5) is 5.09. The highest BCUT2D eigenvalue weighted by atomic mass is 15.2. The number of anilines is 4. The molecule has 0 saturated carbocycles. The second kappa shape index (κ2) is 14.7. The molecule has 1 spiro atoms. The third-order valence-electron chi connectivity index (χ3n) is 16.8. The van der Waals surface area contributed by atoms with E-state index in [9.17, 15) is 0 Å². The van der Waals surface area contributed by atoms with Crippen LogP contribution in [0, 0.1) is 5.41 Å². The van der Waals surface area contributed by atoms with Crippen LogP contribution in [0.1, 0.15) is 97.9 Å². The first kappa shape index (κ1) is 40.4. The first-order chi connectivity index (χ1) is 33.7. The van der Waals surface area contributed by atoms with Crippen LogP contribution in [0.2, 0.25) is 0 Å². The van der Waals surface area contributed by atoms with Crippen molar-refractivity contribution < 1.29 is 0 Å². The zero-order valence-electron chi connectivity index (χ0n) is 39.9. The van der Waals surface area contributed by atoms with Crippen molar-refractivity contribution in [2.45, 2.75) is 64.2 Å². The Balaban J connectivity index is 0.867. The van der Waals surface area contributed by atoms with E-state index in [4.69, 9.17) is 0 Å². The summed E-state index contributed by atoms with van der Waals surface area (Å²) in [6.45, 7) is 9.58. The van der Waals surface area contributed by atoms with Gasteiger partial charge in [0.2, 0.25) is 0 Å². The van der Waals surface area contributed by atoms with Gasteiger partial charge >= 0.3 is 0 Å². The monoisotopic (exact) mass is 886 g/mol. The fraction of sp³-hybridized carbons (Fsp3) is 0.164. The van der Waals surface area contributed by atoms with Crippen LogP contribution >= 0.6 is 0 Å². The summed E-state index contributed by atoms with van der Waals surface area (Å²) in [5, 5.41) is 2.46. The van der Waals surface area contributed by atoms with E-state index >= 15 is 0 Å². The smallest absolute Gasteiger partial charge is 0.0726 e. The molecule has 2 nitrogen and oxygen atoms in total. The van der Waals surface area contributed by atoms with Crippen molar-refractivity contribution >= 4 is 45.7 Å². The molecule has 332 valence electrons. The lowest BCUT2D eigenvalue weighted by atomic mass is 9.68. The highest BCUT2D eigenvalue weighted by Gasteiger charge is 2.52. The van der Waals surface area contributed by atoms with Crippen molar-refractivity contribution in [3.05, 3.63) is 261 Å². The zero-order chi connectivity index (χ0) is 46.2. The van der Waals surface area contributed by atoms with Crippen molar-refractivity contribution in [2.24, 2.45) is 5.41 Å². The number of fused-ring (bicyclic) bond motifs is 13. The van der Waals surface area contributed by atoms with Crippen LogP contribution in [0.3, 0.4) is 0 Å². The molecule has 0 amide bonds.